The van der Waals surface area contributed by atoms with Gasteiger partial charge in [0.15, 0.2) is 11.6 Å². The molecule has 0 spiro atoms. The number of rotatable bonds is 6. The van der Waals surface area contributed by atoms with Crippen molar-refractivity contribution < 1.29 is 23.4 Å². The Balaban J connectivity index is 1.71. The molecule has 0 aliphatic carbocycles. The lowest BCUT2D eigenvalue weighted by molar-refractivity contribution is 0.126. The maximum atomic E-state index is 14.7. The van der Waals surface area contributed by atoms with E-state index in [1.807, 2.05) is 19.1 Å². The zero-order chi connectivity index (χ0) is 22.8. The Bertz CT molecular complexity index is 1330. The predicted octanol–water partition coefficient (Wildman–Crippen LogP) is 4.75. The first-order chi connectivity index (χ1) is 15.4. The number of nitrogens with zero attached hydrogens (tertiary/aromatic N) is 3. The summed E-state index contributed by atoms with van der Waals surface area (Å²) in [6.45, 7) is 1.87. The number of aromatic nitrogens is 3. The molecule has 2 aromatic carbocycles. The summed E-state index contributed by atoms with van der Waals surface area (Å²) in [7, 11) is 2.97. The molecule has 0 aliphatic rings. The molecule has 0 fully saturated rings. The van der Waals surface area contributed by atoms with Gasteiger partial charge in [0, 0.05) is 18.7 Å². The van der Waals surface area contributed by atoms with Gasteiger partial charge >= 0.3 is 6.09 Å². The summed E-state index contributed by atoms with van der Waals surface area (Å²) in [6.07, 6.45) is 0.939. The number of ether oxygens (including phenoxy) is 3. The Morgan fingerprint density at radius 3 is 2.78 bits per heavy atom. The van der Waals surface area contributed by atoms with Gasteiger partial charge in [-0.25, -0.2) is 24.1 Å². The van der Waals surface area contributed by atoms with Crippen LogP contribution in [0.3, 0.4) is 0 Å². The van der Waals surface area contributed by atoms with E-state index in [-0.39, 0.29) is 24.0 Å². The standard InChI is InChI=1S/C21H18ClFN4O4S/c1-10-6-11(18-12(7-10)26-15(29-3)9-25-18)20-27-19-14(32-20)8-13(17(23)16(19)22)30-4-5-31-21(28)24-2/h6-9H,4-5H2,1-3H3,(H,24,28). The highest BCUT2D eigenvalue weighted by atomic mass is 35.5. The van der Waals surface area contributed by atoms with Gasteiger partial charge in [-0.2, -0.15) is 0 Å². The van der Waals surface area contributed by atoms with Crippen LogP contribution in [0.4, 0.5) is 9.18 Å². The summed E-state index contributed by atoms with van der Waals surface area (Å²) in [5.74, 6) is -0.364. The first kappa shape index (κ1) is 22.0. The van der Waals surface area contributed by atoms with Crippen LogP contribution in [-0.2, 0) is 4.74 Å². The van der Waals surface area contributed by atoms with Crippen LogP contribution in [0.15, 0.2) is 24.4 Å². The molecule has 4 rings (SSSR count). The van der Waals surface area contributed by atoms with Crippen LogP contribution in [0.5, 0.6) is 11.6 Å². The van der Waals surface area contributed by atoms with E-state index in [0.29, 0.717) is 32.1 Å². The summed E-state index contributed by atoms with van der Waals surface area (Å²) in [5.41, 5.74) is 3.36. The minimum absolute atomic E-state index is 0.0300. The summed E-state index contributed by atoms with van der Waals surface area (Å²) in [5, 5.41) is 2.79. The molecule has 32 heavy (non-hydrogen) atoms. The molecule has 0 saturated heterocycles. The minimum atomic E-state index is -0.727. The highest BCUT2D eigenvalue weighted by molar-refractivity contribution is 7.21. The van der Waals surface area contributed by atoms with Gasteiger partial charge in [0.05, 0.1) is 29.0 Å². The van der Waals surface area contributed by atoms with Crippen LogP contribution in [0.25, 0.3) is 31.8 Å². The largest absolute Gasteiger partial charge is 0.487 e. The van der Waals surface area contributed by atoms with Gasteiger partial charge in [-0.1, -0.05) is 11.6 Å². The fourth-order valence-corrected chi connectivity index (χ4v) is 4.38. The molecule has 1 amide bonds. The number of aryl methyl sites for hydroxylation is 1. The summed E-state index contributed by atoms with van der Waals surface area (Å²) in [4.78, 5) is 24.6. The number of methoxy groups -OCH3 is 1. The van der Waals surface area contributed by atoms with Crippen molar-refractivity contribution in [3.63, 3.8) is 0 Å². The number of hydrogen-bond acceptors (Lipinski definition) is 8. The fourth-order valence-electron chi connectivity index (χ4n) is 3.07. The molecule has 2 heterocycles. The van der Waals surface area contributed by atoms with Crippen molar-refractivity contribution in [3.05, 3.63) is 40.8 Å². The normalized spacial score (nSPS) is 11.0. The fraction of sp³-hybridized carbons (Fsp3) is 0.238. The van der Waals surface area contributed by atoms with E-state index in [1.165, 1.54) is 37.8 Å². The van der Waals surface area contributed by atoms with Gasteiger partial charge in [0.2, 0.25) is 5.88 Å². The van der Waals surface area contributed by atoms with Crippen LogP contribution in [0.2, 0.25) is 5.02 Å². The molecule has 166 valence electrons. The summed E-state index contributed by atoms with van der Waals surface area (Å²) in [6, 6.07) is 5.38. The van der Waals surface area contributed by atoms with Gasteiger partial charge in [-0.05, 0) is 24.6 Å². The molecule has 2 aromatic heterocycles. The molecule has 0 aliphatic heterocycles. The zero-order valence-electron chi connectivity index (χ0n) is 17.4. The molecule has 0 bridgehead atoms. The van der Waals surface area contributed by atoms with E-state index in [4.69, 9.17) is 25.8 Å². The number of thiazole rings is 1. The number of carbonyl (C=O) groups excluding carboxylic acids is 1. The van der Waals surface area contributed by atoms with Crippen molar-refractivity contribution in [1.82, 2.24) is 20.3 Å². The molecule has 0 saturated carbocycles. The van der Waals surface area contributed by atoms with Crippen molar-refractivity contribution in [2.24, 2.45) is 0 Å². The van der Waals surface area contributed by atoms with E-state index in [9.17, 15) is 9.18 Å². The van der Waals surface area contributed by atoms with Crippen molar-refractivity contribution in [1.29, 1.82) is 0 Å². The number of hydrogen-bond donors (Lipinski definition) is 1. The van der Waals surface area contributed by atoms with Crippen LogP contribution in [-0.4, -0.2) is 48.4 Å². The topological polar surface area (TPSA) is 95.5 Å². The van der Waals surface area contributed by atoms with Gasteiger partial charge in [0.1, 0.15) is 28.8 Å². The number of nitrogens with one attached hydrogen (secondary N) is 1. The van der Waals surface area contributed by atoms with Crippen molar-refractivity contribution >= 4 is 50.3 Å². The average Bonchev–Trinajstić information content (AvgIpc) is 3.22. The van der Waals surface area contributed by atoms with E-state index >= 15 is 0 Å². The summed E-state index contributed by atoms with van der Waals surface area (Å²) >= 11 is 7.59. The third-order valence-electron chi connectivity index (χ3n) is 4.52. The molecule has 8 nitrogen and oxygen atoms in total. The van der Waals surface area contributed by atoms with Gasteiger partial charge < -0.3 is 19.5 Å². The Morgan fingerprint density at radius 1 is 1.22 bits per heavy atom. The van der Waals surface area contributed by atoms with Gasteiger partial charge in [-0.15, -0.1) is 11.3 Å². The van der Waals surface area contributed by atoms with E-state index < -0.39 is 11.9 Å². The number of fused-ring (bicyclic) bond motifs is 2. The second kappa shape index (κ2) is 9.09. The maximum Gasteiger partial charge on any atom is 0.406 e. The number of benzene rings is 2. The number of halogens is 2. The Morgan fingerprint density at radius 2 is 2.03 bits per heavy atom. The molecule has 11 heteroatoms. The molecule has 0 atom stereocenters. The quantitative estimate of drug-likeness (QED) is 0.401. The lowest BCUT2D eigenvalue weighted by Crippen LogP contribution is -2.21. The van der Waals surface area contributed by atoms with Crippen LogP contribution >= 0.6 is 22.9 Å². The first-order valence-corrected chi connectivity index (χ1v) is 10.7. The molecule has 1 N–H and O–H groups in total. The third kappa shape index (κ3) is 4.23. The van der Waals surface area contributed by atoms with Gasteiger partial charge in [-0.3, -0.25) is 0 Å². The number of alkyl carbamates (subject to hydrolysis) is 1. The highest BCUT2D eigenvalue weighted by Crippen LogP contribution is 2.40. The van der Waals surface area contributed by atoms with E-state index in [1.54, 1.807) is 0 Å². The first-order valence-electron chi connectivity index (χ1n) is 9.49. The highest BCUT2D eigenvalue weighted by Gasteiger charge is 2.19. The maximum absolute atomic E-state index is 14.7. The van der Waals surface area contributed by atoms with Crippen LogP contribution in [0.1, 0.15) is 5.56 Å². The van der Waals surface area contributed by atoms with E-state index in [0.717, 1.165) is 11.1 Å². The van der Waals surface area contributed by atoms with Crippen molar-refractivity contribution in [2.45, 2.75) is 6.92 Å². The number of amides is 1. The van der Waals surface area contributed by atoms with Crippen molar-refractivity contribution in [2.75, 3.05) is 27.4 Å². The zero-order valence-corrected chi connectivity index (χ0v) is 18.9. The SMILES string of the molecule is CNC(=O)OCCOc1cc2sc(-c3cc(C)cc4nc(OC)cnc34)nc2c(Cl)c1F. The monoisotopic (exact) mass is 476 g/mol. The second-order valence-electron chi connectivity index (χ2n) is 6.70. The Labute approximate surface area is 191 Å². The molecule has 0 radical (unpaired) electrons. The number of carbonyl (C=O) groups is 1. The smallest absolute Gasteiger partial charge is 0.406 e. The Hall–Kier alpha value is -3.24. The van der Waals surface area contributed by atoms with Crippen LogP contribution in [0, 0.1) is 12.7 Å². The minimum Gasteiger partial charge on any atom is -0.487 e. The van der Waals surface area contributed by atoms with E-state index in [2.05, 4.69) is 20.3 Å². The predicted molar refractivity (Wildman–Crippen MR) is 120 cm³/mol. The molecular weight excluding hydrogens is 459 g/mol. The lowest BCUT2D eigenvalue weighted by Gasteiger charge is -2.09. The molecule has 0 unspecified atom stereocenters. The Kier molecular flexibility index (Phi) is 6.24. The van der Waals surface area contributed by atoms with Crippen molar-refractivity contribution in [3.8, 4) is 22.2 Å². The lowest BCUT2D eigenvalue weighted by atomic mass is 10.1. The van der Waals surface area contributed by atoms with Crippen LogP contribution < -0.4 is 14.8 Å². The third-order valence-corrected chi connectivity index (χ3v) is 5.90. The summed E-state index contributed by atoms with van der Waals surface area (Å²) < 4.78 is 30.8. The average molecular weight is 477 g/mol. The molecular formula is C21H18ClFN4O4S. The molecule has 4 aromatic rings. The second-order valence-corrected chi connectivity index (χ2v) is 8.10. The van der Waals surface area contributed by atoms with Gasteiger partial charge in [0.25, 0.3) is 0 Å².